The van der Waals surface area contributed by atoms with Crippen molar-refractivity contribution in [2.45, 2.75) is 135 Å². The van der Waals surface area contributed by atoms with E-state index in [0.717, 1.165) is 19.8 Å². The van der Waals surface area contributed by atoms with Crippen molar-refractivity contribution in [3.63, 3.8) is 0 Å². The molecule has 0 saturated heterocycles. The van der Waals surface area contributed by atoms with Crippen molar-refractivity contribution in [2.75, 3.05) is 26.9 Å². The van der Waals surface area contributed by atoms with Gasteiger partial charge in [0.25, 0.3) is 0 Å². The van der Waals surface area contributed by atoms with Crippen LogP contribution in [-0.2, 0) is 9.47 Å². The van der Waals surface area contributed by atoms with Crippen LogP contribution in [0.5, 0.6) is 0 Å². The summed E-state index contributed by atoms with van der Waals surface area (Å²) < 4.78 is 10.4. The van der Waals surface area contributed by atoms with Crippen LogP contribution in [0.4, 0.5) is 0 Å². The van der Waals surface area contributed by atoms with Gasteiger partial charge in [-0.05, 0) is 6.42 Å². The minimum Gasteiger partial charge on any atom is -0.382 e. The predicted molar refractivity (Wildman–Crippen MR) is 121 cm³/mol. The van der Waals surface area contributed by atoms with Crippen LogP contribution in [0.25, 0.3) is 0 Å². The highest BCUT2D eigenvalue weighted by Crippen LogP contribution is 2.14. The summed E-state index contributed by atoms with van der Waals surface area (Å²) in [6, 6.07) is 0. The molecule has 0 aromatic carbocycles. The molecule has 0 aromatic heterocycles. The Bertz CT molecular complexity index is 218. The minimum atomic E-state index is 0.721. The fraction of sp³-hybridized carbons (Fsp3) is 1.00. The first kappa shape index (κ1) is 26.9. The SMILES string of the molecule is CCCCCCCCCCCCCCCCCCCCCCOCCOC. The zero-order valence-corrected chi connectivity index (χ0v) is 19.1. The number of unbranched alkanes of at least 4 members (excludes halogenated alkanes) is 19. The molecule has 0 bridgehead atoms. The smallest absolute Gasteiger partial charge is 0.0700 e. The van der Waals surface area contributed by atoms with E-state index in [1.165, 1.54) is 128 Å². The lowest BCUT2D eigenvalue weighted by Crippen LogP contribution is -2.02. The van der Waals surface area contributed by atoms with Crippen molar-refractivity contribution < 1.29 is 9.47 Å². The molecule has 2 heteroatoms. The van der Waals surface area contributed by atoms with E-state index in [-0.39, 0.29) is 0 Å². The second kappa shape index (κ2) is 25.9. The van der Waals surface area contributed by atoms with Crippen molar-refractivity contribution in [3.8, 4) is 0 Å². The van der Waals surface area contributed by atoms with Crippen LogP contribution in [0.3, 0.4) is 0 Å². The number of hydrogen-bond donors (Lipinski definition) is 0. The van der Waals surface area contributed by atoms with E-state index >= 15 is 0 Å². The molecule has 0 aliphatic carbocycles. The summed E-state index contributed by atoms with van der Waals surface area (Å²) in [5.41, 5.74) is 0. The highest BCUT2D eigenvalue weighted by molar-refractivity contribution is 4.51. The Morgan fingerprint density at radius 3 is 1.04 bits per heavy atom. The van der Waals surface area contributed by atoms with Crippen LogP contribution in [-0.4, -0.2) is 26.9 Å². The molecule has 0 atom stereocenters. The molecule has 27 heavy (non-hydrogen) atoms. The predicted octanol–water partition coefficient (Wildman–Crippen LogP) is 8.47. The zero-order valence-electron chi connectivity index (χ0n) is 19.1. The van der Waals surface area contributed by atoms with E-state index in [1.807, 2.05) is 0 Å². The van der Waals surface area contributed by atoms with E-state index in [1.54, 1.807) is 7.11 Å². The maximum Gasteiger partial charge on any atom is 0.0700 e. The topological polar surface area (TPSA) is 18.5 Å². The average molecular weight is 385 g/mol. The van der Waals surface area contributed by atoms with Gasteiger partial charge in [-0.15, -0.1) is 0 Å². The maximum atomic E-state index is 5.49. The molecule has 0 aliphatic rings. The van der Waals surface area contributed by atoms with Gasteiger partial charge in [0.1, 0.15) is 0 Å². The van der Waals surface area contributed by atoms with E-state index in [2.05, 4.69) is 6.92 Å². The van der Waals surface area contributed by atoms with Crippen LogP contribution in [0.15, 0.2) is 0 Å². The number of ether oxygens (including phenoxy) is 2. The van der Waals surface area contributed by atoms with Crippen molar-refractivity contribution in [1.82, 2.24) is 0 Å². The van der Waals surface area contributed by atoms with Gasteiger partial charge >= 0.3 is 0 Å². The van der Waals surface area contributed by atoms with Gasteiger partial charge in [0, 0.05) is 13.7 Å². The molecular formula is C25H52O2. The summed E-state index contributed by atoms with van der Waals surface area (Å²) >= 11 is 0. The number of methoxy groups -OCH3 is 1. The molecule has 164 valence electrons. The van der Waals surface area contributed by atoms with E-state index in [0.29, 0.717) is 0 Å². The van der Waals surface area contributed by atoms with Gasteiger partial charge < -0.3 is 9.47 Å². The largest absolute Gasteiger partial charge is 0.382 e. The van der Waals surface area contributed by atoms with Gasteiger partial charge in [-0.2, -0.15) is 0 Å². The molecule has 0 N–H and O–H groups in total. The van der Waals surface area contributed by atoms with Gasteiger partial charge in [0.2, 0.25) is 0 Å². The lowest BCUT2D eigenvalue weighted by molar-refractivity contribution is 0.0685. The molecule has 2 nitrogen and oxygen atoms in total. The molecule has 0 aliphatic heterocycles. The summed E-state index contributed by atoms with van der Waals surface area (Å²) in [6.45, 7) is 4.67. The Morgan fingerprint density at radius 2 is 0.704 bits per heavy atom. The first-order valence-corrected chi connectivity index (χ1v) is 12.5. The summed E-state index contributed by atoms with van der Waals surface area (Å²) in [7, 11) is 1.72. The molecule has 0 amide bonds. The Morgan fingerprint density at radius 1 is 0.370 bits per heavy atom. The van der Waals surface area contributed by atoms with Crippen molar-refractivity contribution in [1.29, 1.82) is 0 Å². The first-order valence-electron chi connectivity index (χ1n) is 12.5. The summed E-state index contributed by atoms with van der Waals surface area (Å²) in [5, 5.41) is 0. The third-order valence-corrected chi connectivity index (χ3v) is 5.57. The Kier molecular flexibility index (Phi) is 25.8. The zero-order chi connectivity index (χ0) is 19.7. The van der Waals surface area contributed by atoms with E-state index in [4.69, 9.17) is 9.47 Å². The molecule has 0 heterocycles. The van der Waals surface area contributed by atoms with Crippen molar-refractivity contribution >= 4 is 0 Å². The molecular weight excluding hydrogens is 332 g/mol. The van der Waals surface area contributed by atoms with E-state index in [9.17, 15) is 0 Å². The number of rotatable bonds is 24. The fourth-order valence-electron chi connectivity index (χ4n) is 3.70. The van der Waals surface area contributed by atoms with Gasteiger partial charge in [-0.1, -0.05) is 129 Å². The lowest BCUT2D eigenvalue weighted by atomic mass is 10.0. The molecule has 0 saturated carbocycles. The quantitative estimate of drug-likeness (QED) is 0.155. The van der Waals surface area contributed by atoms with Crippen molar-refractivity contribution in [3.05, 3.63) is 0 Å². The monoisotopic (exact) mass is 384 g/mol. The normalized spacial score (nSPS) is 11.3. The van der Waals surface area contributed by atoms with Crippen LogP contribution < -0.4 is 0 Å². The second-order valence-electron chi connectivity index (χ2n) is 8.32. The first-order chi connectivity index (χ1) is 13.4. The summed E-state index contributed by atoms with van der Waals surface area (Å²) in [4.78, 5) is 0. The Labute approximate surface area is 172 Å². The fourth-order valence-corrected chi connectivity index (χ4v) is 3.70. The highest BCUT2D eigenvalue weighted by atomic mass is 16.5. The standard InChI is InChI=1S/C25H52O2/c1-3-4-5-6-7-8-9-10-11-12-13-14-15-16-17-18-19-20-21-22-23-27-25-24-26-2/h3-25H2,1-2H3. The second-order valence-corrected chi connectivity index (χ2v) is 8.32. The third kappa shape index (κ3) is 25.9. The van der Waals surface area contributed by atoms with E-state index < -0.39 is 0 Å². The molecule has 0 spiro atoms. The molecule has 0 unspecified atom stereocenters. The molecule has 0 radical (unpaired) electrons. The van der Waals surface area contributed by atoms with Gasteiger partial charge in [-0.25, -0.2) is 0 Å². The highest BCUT2D eigenvalue weighted by Gasteiger charge is 1.95. The van der Waals surface area contributed by atoms with Gasteiger partial charge in [0.05, 0.1) is 13.2 Å². The van der Waals surface area contributed by atoms with Crippen LogP contribution >= 0.6 is 0 Å². The number of hydrogen-bond acceptors (Lipinski definition) is 2. The van der Waals surface area contributed by atoms with Crippen LogP contribution in [0.1, 0.15) is 135 Å². The third-order valence-electron chi connectivity index (χ3n) is 5.57. The van der Waals surface area contributed by atoms with Crippen molar-refractivity contribution in [2.24, 2.45) is 0 Å². The van der Waals surface area contributed by atoms with Crippen LogP contribution in [0.2, 0.25) is 0 Å². The maximum absolute atomic E-state index is 5.49. The average Bonchev–Trinajstić information content (AvgIpc) is 2.68. The summed E-state index contributed by atoms with van der Waals surface area (Å²) in [6.07, 6.45) is 28.7. The lowest BCUT2D eigenvalue weighted by Gasteiger charge is -2.04. The summed E-state index contributed by atoms with van der Waals surface area (Å²) in [5.74, 6) is 0. The molecule has 0 aromatic rings. The molecule has 0 rings (SSSR count). The Balaban J connectivity index is 2.95. The van der Waals surface area contributed by atoms with Crippen LogP contribution in [0, 0.1) is 0 Å². The van der Waals surface area contributed by atoms with Gasteiger partial charge in [0.15, 0.2) is 0 Å². The minimum absolute atomic E-state index is 0.721. The Hall–Kier alpha value is -0.0800. The molecule has 0 fully saturated rings. The van der Waals surface area contributed by atoms with Gasteiger partial charge in [-0.3, -0.25) is 0 Å².